The van der Waals surface area contributed by atoms with Crippen molar-refractivity contribution in [1.29, 1.82) is 0 Å². The van der Waals surface area contributed by atoms with Gasteiger partial charge in [0.05, 0.1) is 6.42 Å². The van der Waals surface area contributed by atoms with Gasteiger partial charge in [-0.2, -0.15) is 0 Å². The largest absolute Gasteiger partial charge is 0.480 e. The molecule has 0 unspecified atom stereocenters. The number of rotatable bonds is 7. The van der Waals surface area contributed by atoms with E-state index in [0.717, 1.165) is 19.3 Å². The lowest BCUT2D eigenvalue weighted by atomic mass is 9.58. The third-order valence-electron chi connectivity index (χ3n) is 8.15. The molecule has 1 amide bonds. The summed E-state index contributed by atoms with van der Waals surface area (Å²) < 4.78 is 18.1. The predicted octanol–water partition coefficient (Wildman–Crippen LogP) is 2.74. The molecule has 192 valence electrons. The molecule has 9 atom stereocenters. The van der Waals surface area contributed by atoms with Gasteiger partial charge in [0.25, 0.3) is 0 Å². The maximum atomic E-state index is 12.6. The zero-order chi connectivity index (χ0) is 24.8. The van der Waals surface area contributed by atoms with E-state index in [1.165, 1.54) is 0 Å². The van der Waals surface area contributed by atoms with Gasteiger partial charge in [-0.1, -0.05) is 27.7 Å². The SMILES string of the molecule is CC(C)[C@H](NC(=O)CCC(=O)O[C@@H]1O[C@@H]2O[C@@]3(C)CC[C@H]4[C@H](C)CC[C@@H]([C@H]1C)[C@]24OO3)C(=O)O. The van der Waals surface area contributed by atoms with Crippen LogP contribution in [-0.4, -0.2) is 53.0 Å². The molecule has 0 aromatic carbocycles. The third-order valence-corrected chi connectivity index (χ3v) is 8.15. The van der Waals surface area contributed by atoms with Gasteiger partial charge in [0, 0.05) is 24.7 Å². The van der Waals surface area contributed by atoms with Crippen LogP contribution in [0.25, 0.3) is 0 Å². The minimum Gasteiger partial charge on any atom is -0.480 e. The quantitative estimate of drug-likeness (QED) is 0.415. The van der Waals surface area contributed by atoms with E-state index < -0.39 is 47.9 Å². The zero-order valence-electron chi connectivity index (χ0n) is 20.6. The van der Waals surface area contributed by atoms with Crippen LogP contribution in [0.15, 0.2) is 0 Å². The Kier molecular flexibility index (Phi) is 6.98. The van der Waals surface area contributed by atoms with Crippen molar-refractivity contribution in [3.05, 3.63) is 0 Å². The minimum absolute atomic E-state index is 0.0264. The van der Waals surface area contributed by atoms with Gasteiger partial charge in [-0.05, 0) is 43.9 Å². The predicted molar refractivity (Wildman–Crippen MR) is 117 cm³/mol. The van der Waals surface area contributed by atoms with Crippen LogP contribution in [-0.2, 0) is 38.4 Å². The van der Waals surface area contributed by atoms with E-state index in [1.54, 1.807) is 13.8 Å². The molecule has 5 rings (SSSR count). The third kappa shape index (κ3) is 4.45. The van der Waals surface area contributed by atoms with E-state index in [1.807, 2.05) is 13.8 Å². The Balaban J connectivity index is 1.40. The molecule has 0 aromatic heterocycles. The molecule has 4 saturated heterocycles. The summed E-state index contributed by atoms with van der Waals surface area (Å²) in [4.78, 5) is 47.9. The lowest BCUT2D eigenvalue weighted by Gasteiger charge is -2.59. The van der Waals surface area contributed by atoms with E-state index >= 15 is 0 Å². The van der Waals surface area contributed by atoms with Gasteiger partial charge in [0.15, 0.2) is 11.9 Å². The fraction of sp³-hybridized carbons (Fsp3) is 0.875. The Bertz CT molecular complexity index is 818. The van der Waals surface area contributed by atoms with Crippen LogP contribution in [0.1, 0.15) is 73.1 Å². The Labute approximate surface area is 199 Å². The molecular formula is C24H37NO9. The van der Waals surface area contributed by atoms with E-state index in [0.29, 0.717) is 12.3 Å². The maximum absolute atomic E-state index is 12.6. The number of esters is 1. The zero-order valence-corrected chi connectivity index (χ0v) is 20.6. The molecule has 1 saturated carbocycles. The minimum atomic E-state index is -1.11. The van der Waals surface area contributed by atoms with Crippen molar-refractivity contribution in [2.45, 2.75) is 103 Å². The highest BCUT2D eigenvalue weighted by molar-refractivity contribution is 5.85. The molecule has 0 radical (unpaired) electrons. The molecule has 10 nitrogen and oxygen atoms in total. The molecule has 1 aliphatic carbocycles. The smallest absolute Gasteiger partial charge is 0.326 e. The molecule has 5 aliphatic rings. The summed E-state index contributed by atoms with van der Waals surface area (Å²) in [5.74, 6) is -2.88. The lowest BCUT2D eigenvalue weighted by molar-refractivity contribution is -0.576. The van der Waals surface area contributed by atoms with E-state index in [-0.39, 0.29) is 36.5 Å². The summed E-state index contributed by atoms with van der Waals surface area (Å²) in [6.07, 6.45) is 1.62. The maximum Gasteiger partial charge on any atom is 0.326 e. The first-order valence-electron chi connectivity index (χ1n) is 12.4. The molecule has 2 N–H and O–H groups in total. The summed E-state index contributed by atoms with van der Waals surface area (Å²) in [5.41, 5.74) is -0.738. The Morgan fingerprint density at radius 1 is 1.09 bits per heavy atom. The highest BCUT2D eigenvalue weighted by Crippen LogP contribution is 2.60. The van der Waals surface area contributed by atoms with Crippen molar-refractivity contribution in [1.82, 2.24) is 5.32 Å². The summed E-state index contributed by atoms with van der Waals surface area (Å²) in [6, 6.07) is -1.01. The fourth-order valence-electron chi connectivity index (χ4n) is 6.17. The van der Waals surface area contributed by atoms with Crippen LogP contribution in [0.2, 0.25) is 0 Å². The van der Waals surface area contributed by atoms with Crippen LogP contribution < -0.4 is 5.32 Å². The van der Waals surface area contributed by atoms with Crippen molar-refractivity contribution >= 4 is 17.8 Å². The number of hydrogen-bond donors (Lipinski definition) is 2. The van der Waals surface area contributed by atoms with Gasteiger partial charge in [0.2, 0.25) is 18.0 Å². The van der Waals surface area contributed by atoms with Gasteiger partial charge >= 0.3 is 11.9 Å². The lowest BCUT2D eigenvalue weighted by Crippen LogP contribution is -2.70. The molecule has 34 heavy (non-hydrogen) atoms. The van der Waals surface area contributed by atoms with Crippen molar-refractivity contribution in [3.63, 3.8) is 0 Å². The second-order valence-corrected chi connectivity index (χ2v) is 10.9. The molecule has 1 spiro atoms. The summed E-state index contributed by atoms with van der Waals surface area (Å²) in [6.45, 7) is 9.45. The van der Waals surface area contributed by atoms with Crippen LogP contribution in [0, 0.1) is 29.6 Å². The van der Waals surface area contributed by atoms with E-state index in [2.05, 4.69) is 12.2 Å². The van der Waals surface area contributed by atoms with Gasteiger partial charge in [-0.15, -0.1) is 0 Å². The standard InChI is InChI=1S/C24H37NO9/c1-12(2)19(20(28)29)25-17(26)8-9-18(27)30-21-14(4)16-7-6-13(3)15-10-11-23(5)32-22(31-21)24(15,16)34-33-23/h12-16,19,21-22H,6-11H2,1-5H3,(H,25,26)(H,28,29)/t13-,14-,15+,16+,19+,21-,22-,23-,24+/m1/s1. The number of carboxylic acids is 1. The Morgan fingerprint density at radius 2 is 1.82 bits per heavy atom. The number of hydrogen-bond acceptors (Lipinski definition) is 8. The number of fused-ring (bicyclic) bond motifs is 2. The average Bonchev–Trinajstić information content (AvgIpc) is 2.99. The van der Waals surface area contributed by atoms with Gasteiger partial charge < -0.3 is 24.6 Å². The summed E-state index contributed by atoms with van der Waals surface area (Å²) in [5, 5.41) is 11.7. The van der Waals surface area contributed by atoms with Crippen molar-refractivity contribution in [3.8, 4) is 0 Å². The van der Waals surface area contributed by atoms with Crippen LogP contribution in [0.5, 0.6) is 0 Å². The molecule has 5 fully saturated rings. The highest BCUT2D eigenvalue weighted by atomic mass is 17.3. The summed E-state index contributed by atoms with van der Waals surface area (Å²) >= 11 is 0. The van der Waals surface area contributed by atoms with Crippen LogP contribution in [0.3, 0.4) is 0 Å². The molecule has 4 aliphatic heterocycles. The second-order valence-electron chi connectivity index (χ2n) is 10.9. The normalized spacial score (nSPS) is 41.8. The van der Waals surface area contributed by atoms with Crippen LogP contribution >= 0.6 is 0 Å². The molecule has 0 aromatic rings. The monoisotopic (exact) mass is 483 g/mol. The fourth-order valence-corrected chi connectivity index (χ4v) is 6.17. The number of carbonyl (C=O) groups excluding carboxylic acids is 2. The van der Waals surface area contributed by atoms with Gasteiger partial charge in [-0.3, -0.25) is 9.59 Å². The molecule has 10 heteroatoms. The molecule has 2 bridgehead atoms. The van der Waals surface area contributed by atoms with Crippen molar-refractivity contribution in [2.24, 2.45) is 29.6 Å². The number of aliphatic carboxylic acids is 1. The van der Waals surface area contributed by atoms with Gasteiger partial charge in [-0.25, -0.2) is 14.6 Å². The summed E-state index contributed by atoms with van der Waals surface area (Å²) in [7, 11) is 0. The first-order chi connectivity index (χ1) is 16.0. The van der Waals surface area contributed by atoms with Crippen molar-refractivity contribution < 1.29 is 43.5 Å². The first kappa shape index (κ1) is 25.3. The number of amides is 1. The molecular weight excluding hydrogens is 446 g/mol. The van der Waals surface area contributed by atoms with Crippen LogP contribution in [0.4, 0.5) is 0 Å². The van der Waals surface area contributed by atoms with E-state index in [4.69, 9.17) is 24.0 Å². The second kappa shape index (κ2) is 9.37. The topological polar surface area (TPSA) is 130 Å². The number of nitrogens with one attached hydrogen (secondary N) is 1. The van der Waals surface area contributed by atoms with Crippen molar-refractivity contribution in [2.75, 3.05) is 0 Å². The Morgan fingerprint density at radius 3 is 2.50 bits per heavy atom. The average molecular weight is 484 g/mol. The highest BCUT2D eigenvalue weighted by Gasteiger charge is 2.69. The number of carbonyl (C=O) groups is 3. The van der Waals surface area contributed by atoms with Gasteiger partial charge in [0.1, 0.15) is 6.04 Å². The first-order valence-corrected chi connectivity index (χ1v) is 12.4. The Hall–Kier alpha value is -1.75. The number of ether oxygens (including phenoxy) is 3. The number of carboxylic acid groups (broad SMARTS) is 1. The van der Waals surface area contributed by atoms with E-state index in [9.17, 15) is 19.5 Å². The molecule has 4 heterocycles.